The lowest BCUT2D eigenvalue weighted by Gasteiger charge is -2.23. The molecular formula is C13H20ClN3O. The van der Waals surface area contributed by atoms with Crippen LogP contribution in [-0.4, -0.2) is 42.0 Å². The molecule has 0 bridgehead atoms. The van der Waals surface area contributed by atoms with Crippen LogP contribution in [0.15, 0.2) is 18.5 Å². The van der Waals surface area contributed by atoms with Gasteiger partial charge in [-0.05, 0) is 26.5 Å². The van der Waals surface area contributed by atoms with E-state index in [0.717, 1.165) is 13.0 Å². The Labute approximate surface area is 113 Å². The number of hydrogen-bond donors (Lipinski definition) is 1. The average molecular weight is 270 g/mol. The van der Waals surface area contributed by atoms with Crippen LogP contribution in [0.25, 0.3) is 0 Å². The fourth-order valence-electron chi connectivity index (χ4n) is 1.52. The van der Waals surface area contributed by atoms with E-state index in [1.165, 1.54) is 6.20 Å². The van der Waals surface area contributed by atoms with Crippen molar-refractivity contribution in [2.75, 3.05) is 20.1 Å². The van der Waals surface area contributed by atoms with Crippen LogP contribution in [0.2, 0.25) is 5.02 Å². The van der Waals surface area contributed by atoms with Crippen molar-refractivity contribution in [3.8, 4) is 0 Å². The monoisotopic (exact) mass is 269 g/mol. The van der Waals surface area contributed by atoms with Crippen molar-refractivity contribution >= 4 is 17.5 Å². The summed E-state index contributed by atoms with van der Waals surface area (Å²) in [5.41, 5.74) is 0.422. The molecule has 0 aliphatic carbocycles. The van der Waals surface area contributed by atoms with Gasteiger partial charge in [0.15, 0.2) is 0 Å². The molecule has 1 unspecified atom stereocenters. The number of likely N-dealkylation sites (N-methyl/N-ethyl adjacent to an activating group) is 1. The Morgan fingerprint density at radius 2 is 2.33 bits per heavy atom. The number of carbonyl (C=O) groups is 1. The quantitative estimate of drug-likeness (QED) is 0.861. The van der Waals surface area contributed by atoms with Gasteiger partial charge in [-0.3, -0.25) is 9.78 Å². The minimum Gasteiger partial charge on any atom is -0.351 e. The first-order valence-electron chi connectivity index (χ1n) is 6.14. The van der Waals surface area contributed by atoms with Gasteiger partial charge in [0.2, 0.25) is 0 Å². The predicted molar refractivity (Wildman–Crippen MR) is 74.0 cm³/mol. The van der Waals surface area contributed by atoms with Crippen LogP contribution in [0.3, 0.4) is 0 Å². The summed E-state index contributed by atoms with van der Waals surface area (Å²) in [6.45, 7) is 5.73. The Balaban J connectivity index is 2.41. The Bertz CT molecular complexity index is 398. The molecule has 0 fully saturated rings. The maximum Gasteiger partial charge on any atom is 0.254 e. The van der Waals surface area contributed by atoms with Gasteiger partial charge in [0.05, 0.1) is 10.6 Å². The molecule has 0 saturated carbocycles. The van der Waals surface area contributed by atoms with Crippen LogP contribution in [0.4, 0.5) is 0 Å². The molecule has 5 heteroatoms. The van der Waals surface area contributed by atoms with E-state index in [2.05, 4.69) is 36.1 Å². The second-order valence-corrected chi connectivity index (χ2v) is 4.76. The lowest BCUT2D eigenvalue weighted by molar-refractivity contribution is 0.0947. The summed E-state index contributed by atoms with van der Waals surface area (Å²) < 4.78 is 0. The van der Waals surface area contributed by atoms with Crippen molar-refractivity contribution in [2.45, 2.75) is 26.3 Å². The minimum absolute atomic E-state index is 0.175. The molecule has 1 aromatic heterocycles. The Morgan fingerprint density at radius 1 is 1.61 bits per heavy atom. The van der Waals surface area contributed by atoms with Crippen molar-refractivity contribution in [1.82, 2.24) is 15.2 Å². The highest BCUT2D eigenvalue weighted by molar-refractivity contribution is 6.33. The topological polar surface area (TPSA) is 45.2 Å². The molecule has 1 amide bonds. The molecule has 1 aromatic rings. The number of pyridine rings is 1. The van der Waals surface area contributed by atoms with E-state index in [-0.39, 0.29) is 5.91 Å². The maximum atomic E-state index is 11.8. The highest BCUT2D eigenvalue weighted by Gasteiger charge is 2.11. The molecule has 0 aromatic carbocycles. The third kappa shape index (κ3) is 4.27. The second-order valence-electron chi connectivity index (χ2n) is 4.35. The molecule has 0 radical (unpaired) electrons. The number of amides is 1. The van der Waals surface area contributed by atoms with Gasteiger partial charge in [-0.15, -0.1) is 0 Å². The van der Waals surface area contributed by atoms with Gasteiger partial charge < -0.3 is 10.2 Å². The molecule has 0 aliphatic rings. The molecule has 1 rings (SSSR count). The lowest BCUT2D eigenvalue weighted by atomic mass is 10.2. The molecular weight excluding hydrogens is 250 g/mol. The van der Waals surface area contributed by atoms with Crippen molar-refractivity contribution in [1.29, 1.82) is 0 Å². The summed E-state index contributed by atoms with van der Waals surface area (Å²) in [4.78, 5) is 17.9. The highest BCUT2D eigenvalue weighted by Crippen LogP contribution is 2.12. The molecule has 18 heavy (non-hydrogen) atoms. The van der Waals surface area contributed by atoms with Crippen LogP contribution in [0.1, 0.15) is 30.6 Å². The van der Waals surface area contributed by atoms with Crippen molar-refractivity contribution in [3.05, 3.63) is 29.0 Å². The van der Waals surface area contributed by atoms with Gasteiger partial charge in [0, 0.05) is 31.5 Å². The molecule has 0 spiro atoms. The Kier molecular flexibility index (Phi) is 6.09. The van der Waals surface area contributed by atoms with Gasteiger partial charge in [-0.2, -0.15) is 0 Å². The van der Waals surface area contributed by atoms with Crippen molar-refractivity contribution < 1.29 is 4.79 Å². The minimum atomic E-state index is -0.175. The molecule has 1 atom stereocenters. The number of halogens is 1. The van der Waals surface area contributed by atoms with Crippen LogP contribution < -0.4 is 5.32 Å². The molecule has 1 N–H and O–H groups in total. The standard InChI is InChI=1S/C13H20ClN3O/c1-4-10(2)17(3)8-7-16-13(18)11-9-15-6-5-12(11)14/h5-6,9-10H,4,7-8H2,1-3H3,(H,16,18). The second kappa shape index (κ2) is 7.34. The van der Waals surface area contributed by atoms with E-state index >= 15 is 0 Å². The van der Waals surface area contributed by atoms with Crippen LogP contribution in [0, 0.1) is 0 Å². The van der Waals surface area contributed by atoms with E-state index in [1.807, 2.05) is 0 Å². The number of hydrogen-bond acceptors (Lipinski definition) is 3. The SMILES string of the molecule is CCC(C)N(C)CCNC(=O)c1cnccc1Cl. The average Bonchev–Trinajstić information content (AvgIpc) is 2.37. The highest BCUT2D eigenvalue weighted by atomic mass is 35.5. The summed E-state index contributed by atoms with van der Waals surface area (Å²) in [5, 5.41) is 3.27. The Morgan fingerprint density at radius 3 is 2.94 bits per heavy atom. The van der Waals surface area contributed by atoms with Crippen molar-refractivity contribution in [3.63, 3.8) is 0 Å². The van der Waals surface area contributed by atoms with Crippen LogP contribution >= 0.6 is 11.6 Å². The molecule has 1 heterocycles. The van der Waals surface area contributed by atoms with Crippen LogP contribution in [-0.2, 0) is 0 Å². The molecule has 100 valence electrons. The Hall–Kier alpha value is -1.13. The van der Waals surface area contributed by atoms with E-state index in [1.54, 1.807) is 12.3 Å². The van der Waals surface area contributed by atoms with Gasteiger partial charge in [0.1, 0.15) is 0 Å². The van der Waals surface area contributed by atoms with Gasteiger partial charge >= 0.3 is 0 Å². The smallest absolute Gasteiger partial charge is 0.254 e. The number of nitrogens with zero attached hydrogens (tertiary/aromatic N) is 2. The number of nitrogens with one attached hydrogen (secondary N) is 1. The summed E-state index contributed by atoms with van der Waals surface area (Å²) in [6, 6.07) is 2.13. The molecule has 4 nitrogen and oxygen atoms in total. The van der Waals surface area contributed by atoms with Crippen molar-refractivity contribution in [2.24, 2.45) is 0 Å². The van der Waals surface area contributed by atoms with Gasteiger partial charge in [-0.1, -0.05) is 18.5 Å². The first-order chi connectivity index (χ1) is 8.56. The normalized spacial score (nSPS) is 12.5. The predicted octanol–water partition coefficient (Wildman–Crippen LogP) is 2.20. The largest absolute Gasteiger partial charge is 0.351 e. The van der Waals surface area contributed by atoms with E-state index in [4.69, 9.17) is 11.6 Å². The third-order valence-electron chi connectivity index (χ3n) is 3.11. The zero-order valence-electron chi connectivity index (χ0n) is 11.1. The first-order valence-corrected chi connectivity index (χ1v) is 6.52. The van der Waals surface area contributed by atoms with E-state index < -0.39 is 0 Å². The fourth-order valence-corrected chi connectivity index (χ4v) is 1.71. The number of aromatic nitrogens is 1. The third-order valence-corrected chi connectivity index (χ3v) is 3.44. The summed E-state index contributed by atoms with van der Waals surface area (Å²) in [6.07, 6.45) is 4.14. The van der Waals surface area contributed by atoms with Crippen LogP contribution in [0.5, 0.6) is 0 Å². The van der Waals surface area contributed by atoms with E-state index in [0.29, 0.717) is 23.2 Å². The van der Waals surface area contributed by atoms with Gasteiger partial charge in [-0.25, -0.2) is 0 Å². The molecule has 0 saturated heterocycles. The summed E-state index contributed by atoms with van der Waals surface area (Å²) in [7, 11) is 2.05. The lowest BCUT2D eigenvalue weighted by Crippen LogP contribution is -2.37. The summed E-state index contributed by atoms with van der Waals surface area (Å²) in [5.74, 6) is -0.175. The summed E-state index contributed by atoms with van der Waals surface area (Å²) >= 11 is 5.92. The first kappa shape index (κ1) is 14.9. The molecule has 0 aliphatic heterocycles. The van der Waals surface area contributed by atoms with E-state index in [9.17, 15) is 4.79 Å². The van der Waals surface area contributed by atoms with Gasteiger partial charge in [0.25, 0.3) is 5.91 Å². The zero-order valence-corrected chi connectivity index (χ0v) is 11.9. The fraction of sp³-hybridized carbons (Fsp3) is 0.538. The zero-order chi connectivity index (χ0) is 13.5. The maximum absolute atomic E-state index is 11.8. The number of rotatable bonds is 6. The number of carbonyl (C=O) groups excluding carboxylic acids is 1.